The largest absolute Gasteiger partial charge is 0.362 e. The number of nitrogens with zero attached hydrogens (tertiary/aromatic N) is 1. The summed E-state index contributed by atoms with van der Waals surface area (Å²) in [5.41, 5.74) is 1.48. The minimum absolute atomic E-state index is 0.131. The normalized spacial score (nSPS) is 9.96. The zero-order valence-electron chi connectivity index (χ0n) is 13.6. The maximum atomic E-state index is 11.5. The number of hydrogen-bond acceptors (Lipinski definition) is 4. The molecule has 0 unspecified atom stereocenters. The summed E-state index contributed by atoms with van der Waals surface area (Å²) in [6.45, 7) is 0.721. The van der Waals surface area contributed by atoms with E-state index in [1.54, 1.807) is 0 Å². The van der Waals surface area contributed by atoms with Crippen LogP contribution in [-0.2, 0) is 13.1 Å². The first-order chi connectivity index (χ1) is 12.5. The van der Waals surface area contributed by atoms with E-state index in [2.05, 4.69) is 10.6 Å². The van der Waals surface area contributed by atoms with Crippen molar-refractivity contribution in [3.8, 4) is 0 Å². The van der Waals surface area contributed by atoms with Gasteiger partial charge in [-0.15, -0.1) is 0 Å². The minimum atomic E-state index is -0.627. The standard InChI is InChI=1S/C18H16Cl3N3O2/c19-15(17(20)21)16(24(25)26)18(22-11-13-7-3-1-4-8-13)23-12-14-9-5-2-6-10-14/h1-10,22-23H,11-12H2. The van der Waals surface area contributed by atoms with Crippen molar-refractivity contribution < 1.29 is 4.92 Å². The molecule has 0 aromatic heterocycles. The van der Waals surface area contributed by atoms with Gasteiger partial charge >= 0.3 is 5.70 Å². The summed E-state index contributed by atoms with van der Waals surface area (Å²) in [6.07, 6.45) is 0. The molecule has 2 aromatic rings. The maximum absolute atomic E-state index is 11.5. The molecule has 2 N–H and O–H groups in total. The summed E-state index contributed by atoms with van der Waals surface area (Å²) in [5, 5.41) is 17.2. The Hall–Kier alpha value is -2.21. The summed E-state index contributed by atoms with van der Waals surface area (Å²) < 4.78 is -0.376. The second-order valence-corrected chi connectivity index (χ2v) is 6.56. The van der Waals surface area contributed by atoms with Gasteiger partial charge in [0.15, 0.2) is 10.9 Å². The molecule has 0 amide bonds. The third-order valence-electron chi connectivity index (χ3n) is 3.42. The number of benzene rings is 2. The van der Waals surface area contributed by atoms with E-state index in [1.165, 1.54) is 0 Å². The Morgan fingerprint density at radius 3 is 1.62 bits per heavy atom. The molecule has 2 rings (SSSR count). The Kier molecular flexibility index (Phi) is 7.78. The number of nitro groups is 1. The van der Waals surface area contributed by atoms with Gasteiger partial charge in [-0.05, 0) is 11.1 Å². The second-order valence-electron chi connectivity index (χ2n) is 5.23. The number of nitrogens with one attached hydrogen (secondary N) is 2. The van der Waals surface area contributed by atoms with E-state index in [0.717, 1.165) is 11.1 Å². The molecule has 0 fully saturated rings. The number of rotatable bonds is 8. The van der Waals surface area contributed by atoms with Crippen molar-refractivity contribution in [2.24, 2.45) is 0 Å². The van der Waals surface area contributed by atoms with Gasteiger partial charge in [0.05, 0.1) is 4.92 Å². The van der Waals surface area contributed by atoms with Gasteiger partial charge in [-0.2, -0.15) is 0 Å². The molecule has 2 aromatic carbocycles. The van der Waals surface area contributed by atoms with Gasteiger partial charge < -0.3 is 10.6 Å². The van der Waals surface area contributed by atoms with Crippen LogP contribution in [0.2, 0.25) is 0 Å². The highest BCUT2D eigenvalue weighted by Gasteiger charge is 2.25. The van der Waals surface area contributed by atoms with E-state index < -0.39 is 10.6 Å². The smallest absolute Gasteiger partial charge is 0.329 e. The first-order valence-corrected chi connectivity index (χ1v) is 8.78. The number of halogens is 3. The molecule has 0 aliphatic heterocycles. The van der Waals surface area contributed by atoms with Gasteiger partial charge in [0.1, 0.15) is 4.49 Å². The molecular formula is C18H16Cl3N3O2. The van der Waals surface area contributed by atoms with Crippen LogP contribution in [0.3, 0.4) is 0 Å². The van der Waals surface area contributed by atoms with Crippen LogP contribution in [0.1, 0.15) is 11.1 Å². The van der Waals surface area contributed by atoms with Gasteiger partial charge in [-0.3, -0.25) is 10.1 Å². The first-order valence-electron chi connectivity index (χ1n) is 7.64. The zero-order chi connectivity index (χ0) is 18.9. The van der Waals surface area contributed by atoms with Crippen molar-refractivity contribution >= 4 is 34.8 Å². The molecule has 0 radical (unpaired) electrons. The van der Waals surface area contributed by atoms with E-state index in [4.69, 9.17) is 34.8 Å². The number of hydrogen-bond donors (Lipinski definition) is 2. The lowest BCUT2D eigenvalue weighted by atomic mass is 10.2. The van der Waals surface area contributed by atoms with E-state index in [-0.39, 0.29) is 15.3 Å². The Labute approximate surface area is 166 Å². The fraction of sp³-hybridized carbons (Fsp3) is 0.111. The monoisotopic (exact) mass is 411 g/mol. The predicted octanol–water partition coefficient (Wildman–Crippen LogP) is 4.90. The molecule has 0 saturated heterocycles. The van der Waals surface area contributed by atoms with Crippen molar-refractivity contribution in [1.29, 1.82) is 0 Å². The quantitative estimate of drug-likeness (QED) is 0.368. The Balaban J connectivity index is 2.30. The molecule has 0 aliphatic rings. The fourth-order valence-electron chi connectivity index (χ4n) is 2.17. The molecule has 0 aliphatic carbocycles. The summed E-state index contributed by atoms with van der Waals surface area (Å²) in [7, 11) is 0. The van der Waals surface area contributed by atoms with E-state index in [9.17, 15) is 10.1 Å². The molecule has 0 saturated carbocycles. The van der Waals surface area contributed by atoms with Crippen LogP contribution in [0, 0.1) is 10.1 Å². The summed E-state index contributed by atoms with van der Waals surface area (Å²) in [4.78, 5) is 10.9. The highest BCUT2D eigenvalue weighted by Crippen LogP contribution is 2.26. The molecule has 0 heterocycles. The van der Waals surface area contributed by atoms with Gasteiger partial charge in [-0.1, -0.05) is 95.5 Å². The molecule has 0 bridgehead atoms. The van der Waals surface area contributed by atoms with Crippen molar-refractivity contribution in [3.63, 3.8) is 0 Å². The first kappa shape index (κ1) is 20.1. The summed E-state index contributed by atoms with van der Waals surface area (Å²) in [6, 6.07) is 18.9. The minimum Gasteiger partial charge on any atom is -0.362 e. The molecule has 5 nitrogen and oxygen atoms in total. The van der Waals surface area contributed by atoms with Gasteiger partial charge in [0.2, 0.25) is 0 Å². The lowest BCUT2D eigenvalue weighted by Gasteiger charge is -2.14. The SMILES string of the molecule is O=[N+]([O-])C(=C(NCc1ccccc1)NCc1ccccc1)C(Cl)=C(Cl)Cl. The van der Waals surface area contributed by atoms with Crippen LogP contribution in [0.25, 0.3) is 0 Å². The van der Waals surface area contributed by atoms with Crippen LogP contribution in [-0.4, -0.2) is 4.92 Å². The lowest BCUT2D eigenvalue weighted by molar-refractivity contribution is -0.421. The van der Waals surface area contributed by atoms with E-state index in [1.807, 2.05) is 60.7 Å². The van der Waals surface area contributed by atoms with Crippen LogP contribution in [0.15, 0.2) is 81.7 Å². The molecule has 136 valence electrons. The third-order valence-corrected chi connectivity index (χ3v) is 4.36. The lowest BCUT2D eigenvalue weighted by Crippen LogP contribution is -2.29. The van der Waals surface area contributed by atoms with Crippen LogP contribution < -0.4 is 10.6 Å². The average molecular weight is 413 g/mol. The van der Waals surface area contributed by atoms with Crippen LogP contribution >= 0.6 is 34.8 Å². The molecule has 0 atom stereocenters. The molecule has 26 heavy (non-hydrogen) atoms. The predicted molar refractivity (Wildman–Crippen MR) is 105 cm³/mol. The summed E-state index contributed by atoms with van der Waals surface area (Å²) >= 11 is 17.3. The van der Waals surface area contributed by atoms with Crippen molar-refractivity contribution in [1.82, 2.24) is 10.6 Å². The highest BCUT2D eigenvalue weighted by molar-refractivity contribution is 6.59. The van der Waals surface area contributed by atoms with Gasteiger partial charge in [-0.25, -0.2) is 0 Å². The van der Waals surface area contributed by atoms with Gasteiger partial charge in [0.25, 0.3) is 0 Å². The van der Waals surface area contributed by atoms with Crippen molar-refractivity contribution in [2.75, 3.05) is 0 Å². The molecular weight excluding hydrogens is 397 g/mol. The second kappa shape index (κ2) is 10.1. The fourth-order valence-corrected chi connectivity index (χ4v) is 2.52. The van der Waals surface area contributed by atoms with Crippen molar-refractivity contribution in [3.05, 3.63) is 103 Å². The third kappa shape index (κ3) is 5.95. The van der Waals surface area contributed by atoms with Crippen molar-refractivity contribution in [2.45, 2.75) is 13.1 Å². The maximum Gasteiger partial charge on any atom is 0.329 e. The van der Waals surface area contributed by atoms with Gasteiger partial charge in [0, 0.05) is 13.1 Å². The Morgan fingerprint density at radius 2 is 1.27 bits per heavy atom. The molecule has 8 heteroatoms. The summed E-state index contributed by atoms with van der Waals surface area (Å²) in [5.74, 6) is 0.131. The zero-order valence-corrected chi connectivity index (χ0v) is 15.9. The number of allylic oxidation sites excluding steroid dienone is 1. The molecule has 0 spiro atoms. The van der Waals surface area contributed by atoms with Crippen LogP contribution in [0.4, 0.5) is 0 Å². The topological polar surface area (TPSA) is 67.2 Å². The van der Waals surface area contributed by atoms with Crippen LogP contribution in [0.5, 0.6) is 0 Å². The Morgan fingerprint density at radius 1 is 0.846 bits per heavy atom. The average Bonchev–Trinajstić information content (AvgIpc) is 2.64. The van der Waals surface area contributed by atoms with E-state index >= 15 is 0 Å². The highest BCUT2D eigenvalue weighted by atomic mass is 35.5. The Bertz CT molecular complexity index is 759. The van der Waals surface area contributed by atoms with E-state index in [0.29, 0.717) is 13.1 Å².